The normalized spacial score (nSPS) is 14.5. The Labute approximate surface area is 231 Å². The summed E-state index contributed by atoms with van der Waals surface area (Å²) in [6.07, 6.45) is 0.973. The van der Waals surface area contributed by atoms with Crippen molar-refractivity contribution in [1.82, 2.24) is 15.2 Å². The van der Waals surface area contributed by atoms with Gasteiger partial charge in [-0.2, -0.15) is 0 Å². The maximum atomic E-state index is 13.1. The zero-order valence-corrected chi connectivity index (χ0v) is 23.2. The summed E-state index contributed by atoms with van der Waals surface area (Å²) in [5.74, 6) is -0.732. The Balaban J connectivity index is 1.08. The van der Waals surface area contributed by atoms with E-state index in [0.717, 1.165) is 61.9 Å². The Hall–Kier alpha value is -3.54. The van der Waals surface area contributed by atoms with Gasteiger partial charge in [0.25, 0.3) is 15.9 Å². The predicted octanol–water partition coefficient (Wildman–Crippen LogP) is 4.35. The fraction of sp³-hybridized carbons (Fsp3) is 0.286. The second kappa shape index (κ2) is 11.7. The van der Waals surface area contributed by atoms with Crippen LogP contribution in [0.3, 0.4) is 0 Å². The Morgan fingerprint density at radius 2 is 1.72 bits per heavy atom. The molecule has 1 aromatic heterocycles. The van der Waals surface area contributed by atoms with Crippen LogP contribution < -0.4 is 14.9 Å². The molecule has 1 aliphatic heterocycles. The fourth-order valence-corrected chi connectivity index (χ4v) is 6.65. The number of halogens is 1. The van der Waals surface area contributed by atoms with E-state index in [2.05, 4.69) is 45.0 Å². The number of nitrogens with one attached hydrogen (secondary N) is 2. The number of rotatable bonds is 9. The van der Waals surface area contributed by atoms with Gasteiger partial charge in [0.2, 0.25) is 0 Å². The van der Waals surface area contributed by atoms with Crippen molar-refractivity contribution in [2.75, 3.05) is 48.9 Å². The Kier molecular flexibility index (Phi) is 8.10. The molecule has 1 saturated heterocycles. The van der Waals surface area contributed by atoms with Gasteiger partial charge < -0.3 is 10.2 Å². The number of thiazole rings is 1. The van der Waals surface area contributed by atoms with Gasteiger partial charge in [0, 0.05) is 50.5 Å². The zero-order valence-electron chi connectivity index (χ0n) is 21.6. The van der Waals surface area contributed by atoms with Crippen LogP contribution in [0.25, 0.3) is 10.2 Å². The van der Waals surface area contributed by atoms with Crippen LogP contribution in [0.5, 0.6) is 0 Å². The maximum absolute atomic E-state index is 13.1. The van der Waals surface area contributed by atoms with E-state index in [9.17, 15) is 17.6 Å². The first-order chi connectivity index (χ1) is 18.8. The quantitative estimate of drug-likeness (QED) is 0.312. The number of aromatic nitrogens is 1. The number of anilines is 2. The number of nitrogens with zero attached hydrogens (tertiary/aromatic N) is 3. The molecule has 39 heavy (non-hydrogen) atoms. The number of hydrogen-bond acceptors (Lipinski definition) is 7. The number of hydrogen-bond donors (Lipinski definition) is 2. The van der Waals surface area contributed by atoms with Crippen LogP contribution in [0.2, 0.25) is 0 Å². The molecule has 5 rings (SSSR count). The number of amides is 1. The molecule has 0 bridgehead atoms. The van der Waals surface area contributed by atoms with Crippen molar-refractivity contribution in [3.8, 4) is 0 Å². The molecule has 0 unspecified atom stereocenters. The zero-order chi connectivity index (χ0) is 27.4. The van der Waals surface area contributed by atoms with E-state index in [1.54, 1.807) is 23.5 Å². The third-order valence-corrected chi connectivity index (χ3v) is 9.23. The van der Waals surface area contributed by atoms with Gasteiger partial charge in [-0.25, -0.2) is 17.8 Å². The number of benzene rings is 3. The summed E-state index contributed by atoms with van der Waals surface area (Å²) in [7, 11) is -3.85. The van der Waals surface area contributed by atoms with Crippen LogP contribution in [-0.2, 0) is 16.4 Å². The summed E-state index contributed by atoms with van der Waals surface area (Å²) in [4.78, 5) is 22.1. The number of carbonyl (C=O) groups excluding carboxylic acids is 1. The first-order valence-electron chi connectivity index (χ1n) is 12.8. The van der Waals surface area contributed by atoms with Crippen molar-refractivity contribution < 1.29 is 17.6 Å². The van der Waals surface area contributed by atoms with Crippen molar-refractivity contribution in [3.05, 3.63) is 83.7 Å². The first kappa shape index (κ1) is 27.0. The number of sulfonamides is 1. The minimum Gasteiger partial charge on any atom is -0.351 e. The van der Waals surface area contributed by atoms with Gasteiger partial charge in [-0.15, -0.1) is 0 Å². The lowest BCUT2D eigenvalue weighted by atomic mass is 10.1. The van der Waals surface area contributed by atoms with Gasteiger partial charge in [0.05, 0.1) is 15.1 Å². The molecule has 0 saturated carbocycles. The number of fused-ring (bicyclic) bond motifs is 1. The molecule has 2 heterocycles. The molecular formula is C28H30FN5O3S2. The van der Waals surface area contributed by atoms with Crippen LogP contribution in [0, 0.1) is 5.82 Å². The molecule has 4 aromatic rings. The largest absolute Gasteiger partial charge is 0.351 e. The van der Waals surface area contributed by atoms with E-state index < -0.39 is 15.8 Å². The highest BCUT2D eigenvalue weighted by Gasteiger charge is 2.20. The van der Waals surface area contributed by atoms with Gasteiger partial charge in [-0.3, -0.25) is 14.4 Å². The molecule has 0 spiro atoms. The molecule has 0 atom stereocenters. The van der Waals surface area contributed by atoms with E-state index >= 15 is 0 Å². The molecule has 2 N–H and O–H groups in total. The van der Waals surface area contributed by atoms with Crippen molar-refractivity contribution in [1.29, 1.82) is 0 Å². The second-order valence-corrected chi connectivity index (χ2v) is 12.0. The summed E-state index contributed by atoms with van der Waals surface area (Å²) < 4.78 is 41.7. The van der Waals surface area contributed by atoms with Gasteiger partial charge in [-0.1, -0.05) is 30.4 Å². The smallest absolute Gasteiger partial charge is 0.261 e. The van der Waals surface area contributed by atoms with Crippen molar-refractivity contribution >= 4 is 48.3 Å². The van der Waals surface area contributed by atoms with E-state index in [4.69, 9.17) is 4.98 Å². The van der Waals surface area contributed by atoms with Crippen LogP contribution in [0.1, 0.15) is 22.8 Å². The Morgan fingerprint density at radius 3 is 2.41 bits per heavy atom. The van der Waals surface area contributed by atoms with E-state index in [-0.39, 0.29) is 10.8 Å². The average Bonchev–Trinajstić information content (AvgIpc) is 3.38. The van der Waals surface area contributed by atoms with Crippen molar-refractivity contribution in [3.63, 3.8) is 0 Å². The molecule has 1 fully saturated rings. The summed E-state index contributed by atoms with van der Waals surface area (Å²) in [5, 5.41) is 4.01. The molecule has 8 nitrogen and oxygen atoms in total. The molecule has 3 aromatic carbocycles. The van der Waals surface area contributed by atoms with Crippen LogP contribution in [0.15, 0.2) is 71.6 Å². The minimum atomic E-state index is -3.85. The third-order valence-electron chi connectivity index (χ3n) is 6.75. The molecule has 11 heteroatoms. The topological polar surface area (TPSA) is 94.6 Å². The predicted molar refractivity (Wildman–Crippen MR) is 154 cm³/mol. The second-order valence-electron chi connectivity index (χ2n) is 9.34. The molecule has 0 aliphatic carbocycles. The molecular weight excluding hydrogens is 537 g/mol. The van der Waals surface area contributed by atoms with Gasteiger partial charge in [0.15, 0.2) is 5.13 Å². The third kappa shape index (κ3) is 6.38. The molecule has 0 radical (unpaired) electrons. The Bertz CT molecular complexity index is 1550. The summed E-state index contributed by atoms with van der Waals surface area (Å²) in [6.45, 7) is 7.00. The van der Waals surface area contributed by atoms with E-state index in [1.165, 1.54) is 34.5 Å². The molecule has 204 valence electrons. The minimum absolute atomic E-state index is 0.0442. The van der Waals surface area contributed by atoms with Crippen LogP contribution >= 0.6 is 11.3 Å². The fourth-order valence-electron chi connectivity index (χ4n) is 4.52. The highest BCUT2D eigenvalue weighted by Crippen LogP contribution is 2.31. The number of para-hydroxylation sites is 1. The van der Waals surface area contributed by atoms with Gasteiger partial charge >= 0.3 is 0 Å². The van der Waals surface area contributed by atoms with Crippen molar-refractivity contribution in [2.45, 2.75) is 18.2 Å². The summed E-state index contributed by atoms with van der Waals surface area (Å²) in [5.41, 5.74) is 3.15. The lowest BCUT2D eigenvalue weighted by Crippen LogP contribution is -2.48. The summed E-state index contributed by atoms with van der Waals surface area (Å²) in [6, 6.07) is 17.1. The average molecular weight is 568 g/mol. The van der Waals surface area contributed by atoms with Gasteiger partial charge in [-0.05, 0) is 66.6 Å². The van der Waals surface area contributed by atoms with Crippen molar-refractivity contribution in [2.24, 2.45) is 0 Å². The van der Waals surface area contributed by atoms with E-state index in [0.29, 0.717) is 17.8 Å². The number of carbonyl (C=O) groups is 1. The highest BCUT2D eigenvalue weighted by atomic mass is 32.2. The standard InChI is InChI=1S/C28H30FN5O3S2/c1-2-20-4-3-5-25-26(20)31-28(38-25)34-18-16-33(17-19-34)15-14-30-27(35)21-6-10-23(11-7-21)32-39(36,37)24-12-8-22(29)9-13-24/h3-13,32H,2,14-19H2,1H3,(H,30,35). The molecule has 1 amide bonds. The SMILES string of the molecule is CCc1cccc2sc(N3CCN(CCNC(=O)c4ccc(NS(=O)(=O)c5ccc(F)cc5)cc4)CC3)nc12. The number of piperazine rings is 1. The lowest BCUT2D eigenvalue weighted by Gasteiger charge is -2.34. The van der Waals surface area contributed by atoms with Gasteiger partial charge in [0.1, 0.15) is 5.82 Å². The highest BCUT2D eigenvalue weighted by molar-refractivity contribution is 7.92. The monoisotopic (exact) mass is 567 g/mol. The van der Waals surface area contributed by atoms with E-state index in [1.807, 2.05) is 0 Å². The van der Waals surface area contributed by atoms with Crippen LogP contribution in [0.4, 0.5) is 15.2 Å². The molecule has 1 aliphatic rings. The first-order valence-corrected chi connectivity index (χ1v) is 15.1. The summed E-state index contributed by atoms with van der Waals surface area (Å²) >= 11 is 1.74. The lowest BCUT2D eigenvalue weighted by molar-refractivity contribution is 0.0948. The Morgan fingerprint density at radius 1 is 1.00 bits per heavy atom. The maximum Gasteiger partial charge on any atom is 0.261 e. The number of aryl methyl sites for hydroxylation is 1. The van der Waals surface area contributed by atoms with Crippen LogP contribution in [-0.4, -0.2) is 63.5 Å².